The fourth-order valence-electron chi connectivity index (χ4n) is 6.56. The maximum absolute atomic E-state index is 5.11. The van der Waals surface area contributed by atoms with Gasteiger partial charge < -0.3 is 0 Å². The molecule has 0 atom stereocenters. The van der Waals surface area contributed by atoms with Gasteiger partial charge in [-0.2, -0.15) is 0 Å². The summed E-state index contributed by atoms with van der Waals surface area (Å²) < 4.78 is 0. The summed E-state index contributed by atoms with van der Waals surface area (Å²) in [4.78, 5) is 23.4. The van der Waals surface area contributed by atoms with Gasteiger partial charge in [0.05, 0.1) is 22.6 Å². The average molecular weight is 640 g/mol. The number of nitrogens with zero attached hydrogens (tertiary/aromatic N) is 5. The van der Waals surface area contributed by atoms with E-state index in [-0.39, 0.29) is 0 Å². The van der Waals surface area contributed by atoms with Gasteiger partial charge in [-0.25, -0.2) is 15.0 Å². The Morgan fingerprint density at radius 3 is 1.50 bits per heavy atom. The summed E-state index contributed by atoms with van der Waals surface area (Å²) in [6.07, 6.45) is 7.13. The summed E-state index contributed by atoms with van der Waals surface area (Å²) in [5, 5.41) is 3.57. The van der Waals surface area contributed by atoms with E-state index < -0.39 is 0 Å². The van der Waals surface area contributed by atoms with Crippen LogP contribution >= 0.6 is 0 Å². The van der Waals surface area contributed by atoms with Gasteiger partial charge in [0.25, 0.3) is 0 Å². The smallest absolute Gasteiger partial charge is 0.160 e. The zero-order valence-electron chi connectivity index (χ0n) is 27.0. The molecule has 5 heteroatoms. The number of pyridine rings is 3. The quantitative estimate of drug-likeness (QED) is 0.169. The van der Waals surface area contributed by atoms with Crippen LogP contribution in [0, 0.1) is 0 Å². The topological polar surface area (TPSA) is 64.5 Å². The summed E-state index contributed by atoms with van der Waals surface area (Å²) in [7, 11) is 0. The molecule has 4 heterocycles. The van der Waals surface area contributed by atoms with Crippen molar-refractivity contribution in [1.82, 2.24) is 24.9 Å². The normalized spacial score (nSPS) is 11.2. The second-order valence-corrected chi connectivity index (χ2v) is 12.2. The molecule has 0 aliphatic carbocycles. The van der Waals surface area contributed by atoms with Crippen molar-refractivity contribution >= 4 is 21.7 Å². The lowest BCUT2D eigenvalue weighted by Crippen LogP contribution is -1.96. The molecule has 9 aromatic rings. The maximum atomic E-state index is 5.11. The van der Waals surface area contributed by atoms with Crippen LogP contribution in [0.2, 0.25) is 0 Å². The minimum absolute atomic E-state index is 0.666. The molecule has 4 aromatic heterocycles. The highest BCUT2D eigenvalue weighted by atomic mass is 14.9. The van der Waals surface area contributed by atoms with Crippen LogP contribution in [0.3, 0.4) is 0 Å². The van der Waals surface area contributed by atoms with Gasteiger partial charge in [0, 0.05) is 52.4 Å². The second kappa shape index (κ2) is 12.6. The van der Waals surface area contributed by atoms with E-state index in [1.165, 1.54) is 21.7 Å². The van der Waals surface area contributed by atoms with Gasteiger partial charge in [-0.05, 0) is 75.5 Å². The van der Waals surface area contributed by atoms with Crippen LogP contribution in [0.4, 0.5) is 0 Å². The van der Waals surface area contributed by atoms with Crippen molar-refractivity contribution in [2.75, 3.05) is 0 Å². The van der Waals surface area contributed by atoms with Crippen LogP contribution in [0.1, 0.15) is 0 Å². The molecule has 0 unspecified atom stereocenters. The van der Waals surface area contributed by atoms with Gasteiger partial charge >= 0.3 is 0 Å². The first kappa shape index (κ1) is 29.3. The molecule has 5 nitrogen and oxygen atoms in total. The summed E-state index contributed by atoms with van der Waals surface area (Å²) in [6, 6.07) is 52.7. The number of hydrogen-bond acceptors (Lipinski definition) is 5. The molecular formula is C45H29N5. The lowest BCUT2D eigenvalue weighted by Gasteiger charge is -2.14. The minimum atomic E-state index is 0.666. The predicted molar refractivity (Wildman–Crippen MR) is 203 cm³/mol. The summed E-state index contributed by atoms with van der Waals surface area (Å²) >= 11 is 0. The highest BCUT2D eigenvalue weighted by molar-refractivity contribution is 6.13. The van der Waals surface area contributed by atoms with Crippen LogP contribution in [0.25, 0.3) is 89.1 Å². The Hall–Kier alpha value is -6.85. The molecule has 0 fully saturated rings. The molecule has 5 aromatic carbocycles. The zero-order valence-corrected chi connectivity index (χ0v) is 27.0. The number of hydrogen-bond donors (Lipinski definition) is 0. The van der Waals surface area contributed by atoms with Crippen molar-refractivity contribution in [3.8, 4) is 67.4 Å². The number of aromatic nitrogens is 5. The molecule has 0 amide bonds. The van der Waals surface area contributed by atoms with Crippen LogP contribution < -0.4 is 0 Å². The van der Waals surface area contributed by atoms with Gasteiger partial charge in [-0.1, -0.05) is 109 Å². The molecule has 0 N–H and O–H groups in total. The molecule has 0 bridgehead atoms. The Morgan fingerprint density at radius 2 is 0.860 bits per heavy atom. The first-order valence-corrected chi connectivity index (χ1v) is 16.6. The molecule has 234 valence electrons. The maximum Gasteiger partial charge on any atom is 0.160 e. The highest BCUT2D eigenvalue weighted by Gasteiger charge is 2.14. The largest absolute Gasteiger partial charge is 0.265 e. The van der Waals surface area contributed by atoms with E-state index >= 15 is 0 Å². The Labute approximate surface area is 289 Å². The van der Waals surface area contributed by atoms with E-state index in [0.717, 1.165) is 61.5 Å². The van der Waals surface area contributed by atoms with Crippen molar-refractivity contribution in [2.24, 2.45) is 0 Å². The van der Waals surface area contributed by atoms with Gasteiger partial charge in [-0.3, -0.25) is 9.97 Å². The van der Waals surface area contributed by atoms with Crippen LogP contribution in [-0.2, 0) is 0 Å². The molecule has 0 spiro atoms. The Kier molecular flexibility index (Phi) is 7.41. The lowest BCUT2D eigenvalue weighted by atomic mass is 9.93. The monoisotopic (exact) mass is 639 g/mol. The van der Waals surface area contributed by atoms with Crippen LogP contribution in [0.5, 0.6) is 0 Å². The van der Waals surface area contributed by atoms with Crippen molar-refractivity contribution in [2.45, 2.75) is 0 Å². The van der Waals surface area contributed by atoms with Crippen LogP contribution in [-0.4, -0.2) is 24.9 Å². The van der Waals surface area contributed by atoms with Gasteiger partial charge in [-0.15, -0.1) is 0 Å². The van der Waals surface area contributed by atoms with Gasteiger partial charge in [0.1, 0.15) is 0 Å². The predicted octanol–water partition coefficient (Wildman–Crippen LogP) is 11.0. The first-order valence-electron chi connectivity index (χ1n) is 16.6. The SMILES string of the molecule is c1ccc(-c2cc(-c3ccc(-c4ccc(-c5nc(-c6ccncc6)cc(-c6ccncc6)n5)cc4)cc3)c3c(ccc4ccccc43)n2)cc1. The first-order chi connectivity index (χ1) is 24.8. The molecule has 0 saturated carbocycles. The molecule has 9 rings (SSSR count). The van der Waals surface area contributed by atoms with Crippen molar-refractivity contribution < 1.29 is 0 Å². The van der Waals surface area contributed by atoms with Crippen LogP contribution in [0.15, 0.2) is 176 Å². The van der Waals surface area contributed by atoms with Crippen molar-refractivity contribution in [3.05, 3.63) is 176 Å². The zero-order chi connectivity index (χ0) is 33.3. The molecule has 50 heavy (non-hydrogen) atoms. The standard InChI is InChI=1S/C45H29N5/c1-2-7-34(8-3-1)41-28-39(44-38-9-5-4-6-32(38)18-19-40(44)48-41)33-14-10-30(11-15-33)31-12-16-37(17-13-31)45-49-42(35-20-24-46-25-21-35)29-43(50-45)36-22-26-47-27-23-36/h1-29H. The lowest BCUT2D eigenvalue weighted by molar-refractivity contribution is 1.18. The van der Waals surface area contributed by atoms with E-state index in [1.807, 2.05) is 36.4 Å². The number of benzene rings is 5. The number of rotatable bonds is 6. The van der Waals surface area contributed by atoms with Crippen molar-refractivity contribution in [1.29, 1.82) is 0 Å². The summed E-state index contributed by atoms with van der Waals surface area (Å²) in [5.41, 5.74) is 12.2. The molecule has 0 radical (unpaired) electrons. The fourth-order valence-corrected chi connectivity index (χ4v) is 6.56. The Bertz CT molecular complexity index is 2550. The highest BCUT2D eigenvalue weighted by Crippen LogP contribution is 2.37. The van der Waals surface area contributed by atoms with Gasteiger partial charge in [0.2, 0.25) is 0 Å². The van der Waals surface area contributed by atoms with E-state index in [1.54, 1.807) is 24.8 Å². The van der Waals surface area contributed by atoms with E-state index in [2.05, 4.69) is 125 Å². The third-order valence-corrected chi connectivity index (χ3v) is 9.12. The summed E-state index contributed by atoms with van der Waals surface area (Å²) in [6.45, 7) is 0. The minimum Gasteiger partial charge on any atom is -0.265 e. The molecular weight excluding hydrogens is 611 g/mol. The van der Waals surface area contributed by atoms with Crippen molar-refractivity contribution in [3.63, 3.8) is 0 Å². The Morgan fingerprint density at radius 1 is 0.340 bits per heavy atom. The number of fused-ring (bicyclic) bond motifs is 3. The Balaban J connectivity index is 1.09. The molecule has 0 saturated heterocycles. The molecule has 0 aliphatic rings. The molecule has 0 aliphatic heterocycles. The van der Waals surface area contributed by atoms with E-state index in [0.29, 0.717) is 5.82 Å². The average Bonchev–Trinajstić information content (AvgIpc) is 3.21. The summed E-state index contributed by atoms with van der Waals surface area (Å²) in [5.74, 6) is 0.666. The fraction of sp³-hybridized carbons (Fsp3) is 0. The second-order valence-electron chi connectivity index (χ2n) is 12.2. The third-order valence-electron chi connectivity index (χ3n) is 9.12. The third kappa shape index (κ3) is 5.57. The van der Waals surface area contributed by atoms with E-state index in [9.17, 15) is 0 Å². The van der Waals surface area contributed by atoms with Gasteiger partial charge in [0.15, 0.2) is 5.82 Å². The van der Waals surface area contributed by atoms with E-state index in [4.69, 9.17) is 15.0 Å².